The zero-order valence-electron chi connectivity index (χ0n) is 11.1. The third-order valence-electron chi connectivity index (χ3n) is 3.45. The molecule has 1 fully saturated rings. The van der Waals surface area contributed by atoms with Crippen molar-refractivity contribution < 1.29 is 14.0 Å². The van der Waals surface area contributed by atoms with E-state index in [1.165, 1.54) is 17.0 Å². The molecule has 0 aliphatic carbocycles. The summed E-state index contributed by atoms with van der Waals surface area (Å²) >= 11 is 0. The Morgan fingerprint density at radius 2 is 2.16 bits per heavy atom. The van der Waals surface area contributed by atoms with E-state index in [9.17, 15) is 14.0 Å². The number of aryl methyl sites for hydroxylation is 1. The van der Waals surface area contributed by atoms with Crippen LogP contribution in [0.4, 0.5) is 4.39 Å². The molecule has 0 spiro atoms. The van der Waals surface area contributed by atoms with Gasteiger partial charge in [0.15, 0.2) is 0 Å². The molecule has 0 saturated carbocycles. The van der Waals surface area contributed by atoms with Crippen LogP contribution in [-0.2, 0) is 4.79 Å². The minimum absolute atomic E-state index is 0.0697. The van der Waals surface area contributed by atoms with E-state index < -0.39 is 5.82 Å². The maximum Gasteiger partial charge on any atom is 0.256 e. The molecule has 1 aromatic rings. The highest BCUT2D eigenvalue weighted by Gasteiger charge is 2.31. The molecule has 1 aliphatic rings. The Balaban J connectivity index is 2.11. The van der Waals surface area contributed by atoms with Crippen LogP contribution < -0.4 is 5.32 Å². The van der Waals surface area contributed by atoms with Crippen molar-refractivity contribution >= 4 is 11.8 Å². The van der Waals surface area contributed by atoms with Crippen LogP contribution in [0.2, 0.25) is 0 Å². The Morgan fingerprint density at radius 1 is 1.42 bits per heavy atom. The van der Waals surface area contributed by atoms with Gasteiger partial charge >= 0.3 is 0 Å². The number of likely N-dealkylation sites (tertiary alicyclic amines) is 1. The summed E-state index contributed by atoms with van der Waals surface area (Å²) in [5, 5.41) is 2.57. The van der Waals surface area contributed by atoms with Crippen molar-refractivity contribution in [2.45, 2.75) is 13.3 Å². The highest BCUT2D eigenvalue weighted by atomic mass is 19.1. The Hall–Kier alpha value is -1.91. The lowest BCUT2D eigenvalue weighted by molar-refractivity contribution is -0.124. The molecule has 1 aromatic carbocycles. The first-order valence-corrected chi connectivity index (χ1v) is 6.30. The first-order valence-electron chi connectivity index (χ1n) is 6.30. The van der Waals surface area contributed by atoms with Gasteiger partial charge in [-0.05, 0) is 31.0 Å². The fourth-order valence-corrected chi connectivity index (χ4v) is 2.33. The van der Waals surface area contributed by atoms with Gasteiger partial charge in [0, 0.05) is 20.1 Å². The first kappa shape index (κ1) is 13.5. The van der Waals surface area contributed by atoms with E-state index in [4.69, 9.17) is 0 Å². The predicted octanol–water partition coefficient (Wildman–Crippen LogP) is 1.34. The zero-order chi connectivity index (χ0) is 14.0. The van der Waals surface area contributed by atoms with E-state index >= 15 is 0 Å². The Labute approximate surface area is 111 Å². The van der Waals surface area contributed by atoms with Crippen LogP contribution in [0.15, 0.2) is 18.2 Å². The standard InChI is InChI=1S/C14H17FN2O2/c1-9-3-4-11(12(15)7-9)14(19)17-6-5-10(8-17)13(18)16-2/h3-4,7,10H,5-6,8H2,1-2H3,(H,16,18)/t10-/m0/s1. The summed E-state index contributed by atoms with van der Waals surface area (Å²) in [6, 6.07) is 4.56. The minimum atomic E-state index is -0.506. The van der Waals surface area contributed by atoms with Crippen molar-refractivity contribution in [1.29, 1.82) is 0 Å². The van der Waals surface area contributed by atoms with Crippen LogP contribution >= 0.6 is 0 Å². The maximum atomic E-state index is 13.7. The quantitative estimate of drug-likeness (QED) is 0.876. The number of halogens is 1. The van der Waals surface area contributed by atoms with Gasteiger partial charge in [0.2, 0.25) is 5.91 Å². The molecular weight excluding hydrogens is 247 g/mol. The van der Waals surface area contributed by atoms with Crippen molar-refractivity contribution in [2.75, 3.05) is 20.1 Å². The molecule has 1 N–H and O–H groups in total. The molecule has 1 saturated heterocycles. The third kappa shape index (κ3) is 2.75. The number of carbonyl (C=O) groups excluding carboxylic acids is 2. The van der Waals surface area contributed by atoms with Crippen LogP contribution in [0, 0.1) is 18.7 Å². The molecule has 1 atom stereocenters. The average Bonchev–Trinajstić information content (AvgIpc) is 2.86. The van der Waals surface area contributed by atoms with Crippen molar-refractivity contribution in [3.63, 3.8) is 0 Å². The van der Waals surface area contributed by atoms with Gasteiger partial charge in [-0.25, -0.2) is 4.39 Å². The maximum absolute atomic E-state index is 13.7. The smallest absolute Gasteiger partial charge is 0.256 e. The van der Waals surface area contributed by atoms with Gasteiger partial charge in [-0.2, -0.15) is 0 Å². The van der Waals surface area contributed by atoms with Crippen molar-refractivity contribution in [1.82, 2.24) is 10.2 Å². The van der Waals surface area contributed by atoms with Gasteiger partial charge in [-0.1, -0.05) is 6.07 Å². The molecule has 1 aliphatic heterocycles. The molecule has 102 valence electrons. The number of benzene rings is 1. The predicted molar refractivity (Wildman–Crippen MR) is 69.2 cm³/mol. The normalized spacial score (nSPS) is 18.5. The van der Waals surface area contributed by atoms with Crippen LogP contribution in [0.5, 0.6) is 0 Å². The van der Waals surface area contributed by atoms with Crippen molar-refractivity contribution in [2.24, 2.45) is 5.92 Å². The number of rotatable bonds is 2. The van der Waals surface area contributed by atoms with Gasteiger partial charge < -0.3 is 10.2 Å². The van der Waals surface area contributed by atoms with Gasteiger partial charge in [0.25, 0.3) is 5.91 Å². The monoisotopic (exact) mass is 264 g/mol. The fraction of sp³-hybridized carbons (Fsp3) is 0.429. The number of amides is 2. The summed E-state index contributed by atoms with van der Waals surface area (Å²) in [5.41, 5.74) is 0.849. The van der Waals surface area contributed by atoms with E-state index in [0.29, 0.717) is 19.5 Å². The molecule has 19 heavy (non-hydrogen) atoms. The lowest BCUT2D eigenvalue weighted by Crippen LogP contribution is -2.33. The summed E-state index contributed by atoms with van der Waals surface area (Å²) < 4.78 is 13.7. The Bertz CT molecular complexity index is 516. The van der Waals surface area contributed by atoms with Crippen LogP contribution in [0.1, 0.15) is 22.3 Å². The molecule has 1 heterocycles. The zero-order valence-corrected chi connectivity index (χ0v) is 11.1. The molecule has 0 aromatic heterocycles. The number of hydrogen-bond donors (Lipinski definition) is 1. The summed E-state index contributed by atoms with van der Waals surface area (Å²) in [6.45, 7) is 2.62. The number of nitrogens with zero attached hydrogens (tertiary/aromatic N) is 1. The van der Waals surface area contributed by atoms with E-state index in [2.05, 4.69) is 5.32 Å². The highest BCUT2D eigenvalue weighted by Crippen LogP contribution is 2.20. The summed E-state index contributed by atoms with van der Waals surface area (Å²) in [6.07, 6.45) is 0.624. The van der Waals surface area contributed by atoms with Crippen LogP contribution in [0.3, 0.4) is 0 Å². The Morgan fingerprint density at radius 3 is 2.79 bits per heavy atom. The molecule has 2 amide bonds. The van der Waals surface area contributed by atoms with E-state index in [1.807, 2.05) is 0 Å². The number of hydrogen-bond acceptors (Lipinski definition) is 2. The number of nitrogens with one attached hydrogen (secondary N) is 1. The van der Waals surface area contributed by atoms with Crippen LogP contribution in [0.25, 0.3) is 0 Å². The second-order valence-corrected chi connectivity index (χ2v) is 4.83. The fourth-order valence-electron chi connectivity index (χ4n) is 2.33. The van der Waals surface area contributed by atoms with Crippen molar-refractivity contribution in [3.8, 4) is 0 Å². The first-order chi connectivity index (χ1) is 9.02. The average molecular weight is 264 g/mol. The van der Waals surface area contributed by atoms with E-state index in [0.717, 1.165) is 5.56 Å². The third-order valence-corrected chi connectivity index (χ3v) is 3.45. The second-order valence-electron chi connectivity index (χ2n) is 4.83. The molecule has 0 bridgehead atoms. The molecular formula is C14H17FN2O2. The van der Waals surface area contributed by atoms with Gasteiger partial charge in [0.1, 0.15) is 5.82 Å². The molecule has 0 radical (unpaired) electrons. The largest absolute Gasteiger partial charge is 0.359 e. The second kappa shape index (κ2) is 5.38. The van der Waals surface area contributed by atoms with Gasteiger partial charge in [-0.15, -0.1) is 0 Å². The van der Waals surface area contributed by atoms with Gasteiger partial charge in [-0.3, -0.25) is 9.59 Å². The highest BCUT2D eigenvalue weighted by molar-refractivity contribution is 5.95. The molecule has 2 rings (SSSR count). The summed E-state index contributed by atoms with van der Waals surface area (Å²) in [7, 11) is 1.58. The molecule has 4 nitrogen and oxygen atoms in total. The topological polar surface area (TPSA) is 49.4 Å². The molecule has 5 heteroatoms. The minimum Gasteiger partial charge on any atom is -0.359 e. The van der Waals surface area contributed by atoms with Crippen molar-refractivity contribution in [3.05, 3.63) is 35.1 Å². The Kier molecular flexibility index (Phi) is 3.83. The molecule has 0 unspecified atom stereocenters. The summed E-state index contributed by atoms with van der Waals surface area (Å²) in [4.78, 5) is 25.2. The summed E-state index contributed by atoms with van der Waals surface area (Å²) in [5.74, 6) is -1.11. The lowest BCUT2D eigenvalue weighted by atomic mass is 10.1. The van der Waals surface area contributed by atoms with E-state index in [1.54, 1.807) is 20.0 Å². The number of carbonyl (C=O) groups is 2. The van der Waals surface area contributed by atoms with E-state index in [-0.39, 0.29) is 23.3 Å². The van der Waals surface area contributed by atoms with Crippen LogP contribution in [-0.4, -0.2) is 36.9 Å². The SMILES string of the molecule is CNC(=O)[C@H]1CCN(C(=O)c2ccc(C)cc2F)C1. The van der Waals surface area contributed by atoms with Gasteiger partial charge in [0.05, 0.1) is 11.5 Å². The lowest BCUT2D eigenvalue weighted by Gasteiger charge is -2.16.